The van der Waals surface area contributed by atoms with Gasteiger partial charge in [0, 0.05) is 16.4 Å². The van der Waals surface area contributed by atoms with Gasteiger partial charge in [0.25, 0.3) is 5.91 Å². The fourth-order valence-corrected chi connectivity index (χ4v) is 5.13. The predicted octanol–water partition coefficient (Wildman–Crippen LogP) is 6.02. The zero-order chi connectivity index (χ0) is 24.2. The molecule has 0 saturated carbocycles. The van der Waals surface area contributed by atoms with Crippen molar-refractivity contribution in [1.82, 2.24) is 0 Å². The summed E-state index contributed by atoms with van der Waals surface area (Å²) in [6, 6.07) is 24.1. The van der Waals surface area contributed by atoms with Gasteiger partial charge in [0.05, 0.1) is 5.25 Å². The highest BCUT2D eigenvalue weighted by Gasteiger charge is 2.40. The molecule has 3 aromatic carbocycles. The van der Waals surface area contributed by atoms with Gasteiger partial charge in [0.2, 0.25) is 5.91 Å². The highest BCUT2D eigenvalue weighted by Crippen LogP contribution is 2.42. The van der Waals surface area contributed by atoms with Crippen LogP contribution < -0.4 is 10.2 Å². The van der Waals surface area contributed by atoms with E-state index in [-0.39, 0.29) is 11.5 Å². The molecule has 170 valence electrons. The van der Waals surface area contributed by atoms with Crippen molar-refractivity contribution in [2.75, 3.05) is 10.2 Å². The van der Waals surface area contributed by atoms with Crippen molar-refractivity contribution in [2.24, 2.45) is 0 Å². The van der Waals surface area contributed by atoms with Gasteiger partial charge in [0.15, 0.2) is 0 Å². The molecule has 1 heterocycles. The largest absolute Gasteiger partial charge is 0.321 e. The quantitative estimate of drug-likeness (QED) is 0.352. The smallest absolute Gasteiger partial charge is 0.269 e. The lowest BCUT2D eigenvalue weighted by Crippen LogP contribution is -2.30. The molecule has 1 aliphatic rings. The van der Waals surface area contributed by atoms with Gasteiger partial charge in [-0.3, -0.25) is 14.5 Å². The van der Waals surface area contributed by atoms with Gasteiger partial charge in [0.1, 0.15) is 16.7 Å². The molecule has 1 aliphatic heterocycles. The third kappa shape index (κ3) is 5.17. The van der Waals surface area contributed by atoms with Crippen molar-refractivity contribution in [1.29, 1.82) is 5.26 Å². The second-order valence-corrected chi connectivity index (χ2v) is 9.69. The predicted molar refractivity (Wildman–Crippen MR) is 138 cm³/mol. The maximum absolute atomic E-state index is 13.5. The van der Waals surface area contributed by atoms with Crippen molar-refractivity contribution < 1.29 is 9.59 Å². The first-order valence-corrected chi connectivity index (χ1v) is 12.0. The maximum Gasteiger partial charge on any atom is 0.269 e. The molecule has 4 rings (SSSR count). The molecule has 1 unspecified atom stereocenters. The average molecular weight is 488 g/mol. The second-order valence-electron chi connectivity index (χ2n) is 8.06. The highest BCUT2D eigenvalue weighted by molar-refractivity contribution is 8.05. The number of carbonyl (C=O) groups is 2. The molecule has 1 saturated heterocycles. The molecule has 7 heteroatoms. The van der Waals surface area contributed by atoms with Crippen LogP contribution in [-0.4, -0.2) is 17.1 Å². The SMILES string of the molecule is Cc1ccc(NC(=O)C(C#N)=C2SC(Cc3cccc(C)c3)C(=O)N2c2ccc(Cl)cc2)cc1. The van der Waals surface area contributed by atoms with E-state index in [2.05, 4.69) is 5.32 Å². The molecular weight excluding hydrogens is 466 g/mol. The fourth-order valence-electron chi connectivity index (χ4n) is 3.70. The summed E-state index contributed by atoms with van der Waals surface area (Å²) in [5, 5.41) is 13.1. The van der Waals surface area contributed by atoms with Gasteiger partial charge in [-0.2, -0.15) is 5.26 Å². The zero-order valence-electron chi connectivity index (χ0n) is 18.7. The van der Waals surface area contributed by atoms with E-state index in [1.807, 2.05) is 56.3 Å². The molecule has 34 heavy (non-hydrogen) atoms. The Labute approximate surface area is 208 Å². The number of nitriles is 1. The molecular formula is C27H22ClN3O2S. The van der Waals surface area contributed by atoms with Crippen molar-refractivity contribution in [3.8, 4) is 6.07 Å². The van der Waals surface area contributed by atoms with Gasteiger partial charge in [-0.05, 0) is 62.2 Å². The number of thioether (sulfide) groups is 1. The summed E-state index contributed by atoms with van der Waals surface area (Å²) in [7, 11) is 0. The summed E-state index contributed by atoms with van der Waals surface area (Å²) >= 11 is 7.29. The Morgan fingerprint density at radius 2 is 1.76 bits per heavy atom. The molecule has 0 aliphatic carbocycles. The summed E-state index contributed by atoms with van der Waals surface area (Å²) in [5.74, 6) is -0.739. The van der Waals surface area contributed by atoms with Crippen LogP contribution in [0.25, 0.3) is 0 Å². The van der Waals surface area contributed by atoms with Gasteiger partial charge in [-0.25, -0.2) is 0 Å². The number of amides is 2. The Bertz CT molecular complexity index is 1310. The van der Waals surface area contributed by atoms with Crippen LogP contribution in [0.4, 0.5) is 11.4 Å². The van der Waals surface area contributed by atoms with Gasteiger partial charge < -0.3 is 5.32 Å². The lowest BCUT2D eigenvalue weighted by Gasteiger charge is -2.19. The lowest BCUT2D eigenvalue weighted by atomic mass is 10.1. The monoisotopic (exact) mass is 487 g/mol. The van der Waals surface area contributed by atoms with Gasteiger partial charge in [-0.1, -0.05) is 70.9 Å². The number of nitrogens with one attached hydrogen (secondary N) is 1. The number of rotatable bonds is 5. The number of halogens is 1. The first kappa shape index (κ1) is 23.6. The summed E-state index contributed by atoms with van der Waals surface area (Å²) in [6.07, 6.45) is 0.483. The fraction of sp³-hybridized carbons (Fsp3) is 0.148. The molecule has 1 N–H and O–H groups in total. The van der Waals surface area contributed by atoms with E-state index in [9.17, 15) is 14.9 Å². The summed E-state index contributed by atoms with van der Waals surface area (Å²) < 4.78 is 0. The minimum absolute atomic E-state index is 0.111. The molecule has 1 fully saturated rings. The van der Waals surface area contributed by atoms with E-state index in [4.69, 9.17) is 11.6 Å². The van der Waals surface area contributed by atoms with E-state index in [0.29, 0.717) is 27.8 Å². The number of benzene rings is 3. The number of aryl methyl sites for hydroxylation is 2. The number of hydrogen-bond donors (Lipinski definition) is 1. The Hall–Kier alpha value is -3.53. The maximum atomic E-state index is 13.5. The number of nitrogens with zero attached hydrogens (tertiary/aromatic N) is 2. The molecule has 0 aromatic heterocycles. The summed E-state index contributed by atoms with van der Waals surface area (Å²) in [4.78, 5) is 28.1. The van der Waals surface area contributed by atoms with Crippen molar-refractivity contribution in [3.63, 3.8) is 0 Å². The summed E-state index contributed by atoms with van der Waals surface area (Å²) in [5.41, 5.74) is 4.20. The molecule has 0 spiro atoms. The van der Waals surface area contributed by atoms with Crippen LogP contribution in [0, 0.1) is 25.2 Å². The van der Waals surface area contributed by atoms with E-state index in [1.165, 1.54) is 16.7 Å². The standard InChI is InChI=1S/C27H22ClN3O2S/c1-17-6-10-21(11-7-17)30-25(32)23(16-29)27-31(22-12-8-20(28)9-13-22)26(33)24(34-27)15-19-5-3-4-18(2)14-19/h3-14,24H,15H2,1-2H3,(H,30,32). The molecule has 1 atom stereocenters. The van der Waals surface area contributed by atoms with E-state index in [1.54, 1.807) is 36.4 Å². The molecule has 0 radical (unpaired) electrons. The van der Waals surface area contributed by atoms with Gasteiger partial charge in [-0.15, -0.1) is 0 Å². The third-order valence-electron chi connectivity index (χ3n) is 5.40. The Morgan fingerprint density at radius 3 is 2.41 bits per heavy atom. The third-order valence-corrected chi connectivity index (χ3v) is 6.92. The number of anilines is 2. The van der Waals surface area contributed by atoms with E-state index < -0.39 is 11.2 Å². The van der Waals surface area contributed by atoms with Crippen LogP contribution in [0.5, 0.6) is 0 Å². The van der Waals surface area contributed by atoms with Crippen molar-refractivity contribution >= 4 is 46.6 Å². The average Bonchev–Trinajstić information content (AvgIpc) is 3.12. The minimum Gasteiger partial charge on any atom is -0.321 e. The van der Waals surface area contributed by atoms with Crippen LogP contribution in [0.2, 0.25) is 5.02 Å². The highest BCUT2D eigenvalue weighted by atomic mass is 35.5. The van der Waals surface area contributed by atoms with E-state index >= 15 is 0 Å². The van der Waals surface area contributed by atoms with Crippen LogP contribution in [-0.2, 0) is 16.0 Å². The van der Waals surface area contributed by atoms with Crippen LogP contribution in [0.3, 0.4) is 0 Å². The molecule has 2 amide bonds. The normalized spacial score (nSPS) is 16.8. The number of hydrogen-bond acceptors (Lipinski definition) is 4. The Balaban J connectivity index is 1.72. The Morgan fingerprint density at radius 1 is 1.06 bits per heavy atom. The topological polar surface area (TPSA) is 73.2 Å². The van der Waals surface area contributed by atoms with Gasteiger partial charge >= 0.3 is 0 Å². The summed E-state index contributed by atoms with van der Waals surface area (Å²) in [6.45, 7) is 3.95. The first-order chi connectivity index (χ1) is 16.4. The molecule has 5 nitrogen and oxygen atoms in total. The zero-order valence-corrected chi connectivity index (χ0v) is 20.3. The van der Waals surface area contributed by atoms with Crippen molar-refractivity contribution in [3.05, 3.63) is 105 Å². The minimum atomic E-state index is -0.558. The second kappa shape index (κ2) is 10.2. The molecule has 3 aromatic rings. The van der Waals surface area contributed by atoms with Crippen LogP contribution in [0.15, 0.2) is 83.4 Å². The van der Waals surface area contributed by atoms with Crippen LogP contribution in [0.1, 0.15) is 16.7 Å². The van der Waals surface area contributed by atoms with Crippen molar-refractivity contribution in [2.45, 2.75) is 25.5 Å². The lowest BCUT2D eigenvalue weighted by molar-refractivity contribution is -0.117. The number of carbonyl (C=O) groups excluding carboxylic acids is 2. The molecule has 0 bridgehead atoms. The first-order valence-electron chi connectivity index (χ1n) is 10.7. The Kier molecular flexibility index (Phi) is 7.06. The van der Waals surface area contributed by atoms with Crippen LogP contribution >= 0.6 is 23.4 Å². The van der Waals surface area contributed by atoms with E-state index in [0.717, 1.165) is 16.7 Å².